The molecule has 1 aliphatic heterocycles. The molecule has 0 radical (unpaired) electrons. The molecule has 0 aromatic heterocycles. The van der Waals surface area contributed by atoms with Crippen molar-refractivity contribution in [3.05, 3.63) is 23.2 Å². The highest BCUT2D eigenvalue weighted by Crippen LogP contribution is 2.27. The van der Waals surface area contributed by atoms with Crippen LogP contribution in [0.2, 0.25) is 5.02 Å². The van der Waals surface area contributed by atoms with Crippen LogP contribution in [0.1, 0.15) is 19.3 Å². The maximum atomic E-state index is 11.9. The van der Waals surface area contributed by atoms with Crippen LogP contribution in [0.5, 0.6) is 0 Å². The fraction of sp³-hybridized carbons (Fsp3) is 0.500. The number of anilines is 2. The summed E-state index contributed by atoms with van der Waals surface area (Å²) in [5.74, 6) is 0.0352. The molecule has 19 heavy (non-hydrogen) atoms. The Morgan fingerprint density at radius 1 is 1.53 bits per heavy atom. The quantitative estimate of drug-likeness (QED) is 0.891. The molecule has 1 saturated heterocycles. The number of amides is 1. The van der Waals surface area contributed by atoms with Crippen molar-refractivity contribution < 1.29 is 4.79 Å². The number of nitrogens with one attached hydrogen (secondary N) is 2. The highest BCUT2D eigenvalue weighted by molar-refractivity contribution is 6.33. The molecule has 104 valence electrons. The molecule has 0 saturated carbocycles. The van der Waals surface area contributed by atoms with Crippen LogP contribution < -0.4 is 15.5 Å². The largest absolute Gasteiger partial charge is 0.376 e. The topological polar surface area (TPSA) is 44.4 Å². The number of halogens is 1. The van der Waals surface area contributed by atoms with Crippen LogP contribution in [0, 0.1) is 0 Å². The maximum absolute atomic E-state index is 11.9. The Bertz CT molecular complexity index is 456. The van der Waals surface area contributed by atoms with Gasteiger partial charge in [0.05, 0.1) is 10.7 Å². The second-order valence-corrected chi connectivity index (χ2v) is 5.51. The molecule has 1 atom stereocenters. The minimum atomic E-state index is 0.0352. The van der Waals surface area contributed by atoms with E-state index in [1.165, 1.54) is 0 Å². The Morgan fingerprint density at radius 3 is 2.89 bits per heavy atom. The molecule has 1 aromatic rings. The number of nitrogens with zero attached hydrogens (tertiary/aromatic N) is 1. The van der Waals surface area contributed by atoms with Gasteiger partial charge in [-0.25, -0.2) is 0 Å². The lowest BCUT2D eigenvalue weighted by molar-refractivity contribution is -0.116. The molecule has 0 bridgehead atoms. The summed E-state index contributed by atoms with van der Waals surface area (Å²) in [5.41, 5.74) is 1.69. The van der Waals surface area contributed by atoms with Gasteiger partial charge in [-0.05, 0) is 37.6 Å². The molecule has 1 fully saturated rings. The summed E-state index contributed by atoms with van der Waals surface area (Å²) in [6, 6.07) is 5.89. The number of benzene rings is 1. The fourth-order valence-corrected chi connectivity index (χ4v) is 2.66. The van der Waals surface area contributed by atoms with Gasteiger partial charge in [0.2, 0.25) is 5.91 Å². The number of hydrogen-bond donors (Lipinski definition) is 2. The van der Waals surface area contributed by atoms with E-state index in [0.29, 0.717) is 17.5 Å². The van der Waals surface area contributed by atoms with E-state index in [9.17, 15) is 4.79 Å². The first kappa shape index (κ1) is 14.2. The van der Waals surface area contributed by atoms with Crippen molar-refractivity contribution in [2.24, 2.45) is 0 Å². The summed E-state index contributed by atoms with van der Waals surface area (Å²) < 4.78 is 0. The Balaban J connectivity index is 1.95. The van der Waals surface area contributed by atoms with E-state index in [-0.39, 0.29) is 5.91 Å². The van der Waals surface area contributed by atoms with E-state index in [2.05, 4.69) is 10.6 Å². The summed E-state index contributed by atoms with van der Waals surface area (Å²) in [6.45, 7) is 1.02. The average molecular weight is 282 g/mol. The van der Waals surface area contributed by atoms with E-state index in [0.717, 1.165) is 30.8 Å². The smallest absolute Gasteiger partial charge is 0.225 e. The third-order valence-corrected chi connectivity index (χ3v) is 3.61. The molecule has 1 unspecified atom stereocenters. The molecule has 1 heterocycles. The highest BCUT2D eigenvalue weighted by Gasteiger charge is 2.17. The lowest BCUT2D eigenvalue weighted by Crippen LogP contribution is -2.27. The van der Waals surface area contributed by atoms with Crippen molar-refractivity contribution in [3.63, 3.8) is 0 Å². The molecule has 5 heteroatoms. The zero-order valence-electron chi connectivity index (χ0n) is 11.4. The minimum absolute atomic E-state index is 0.0352. The SMILES string of the molecule is CN(C)c1ccc(NC(=O)CC2CCCN2)cc1Cl. The highest BCUT2D eigenvalue weighted by atomic mass is 35.5. The number of rotatable bonds is 4. The first-order valence-corrected chi connectivity index (χ1v) is 6.94. The van der Waals surface area contributed by atoms with Crippen molar-refractivity contribution in [1.29, 1.82) is 0 Å². The van der Waals surface area contributed by atoms with Crippen LogP contribution in [0.3, 0.4) is 0 Å². The van der Waals surface area contributed by atoms with Crippen molar-refractivity contribution >= 4 is 28.9 Å². The van der Waals surface area contributed by atoms with Crippen molar-refractivity contribution in [3.8, 4) is 0 Å². The van der Waals surface area contributed by atoms with Gasteiger partial charge in [0.1, 0.15) is 0 Å². The lowest BCUT2D eigenvalue weighted by atomic mass is 10.1. The molecule has 4 nitrogen and oxygen atoms in total. The standard InChI is InChI=1S/C14H20ClN3O/c1-18(2)13-6-5-11(8-12(13)15)17-14(19)9-10-4-3-7-16-10/h5-6,8,10,16H,3-4,7,9H2,1-2H3,(H,17,19). The van der Waals surface area contributed by atoms with E-state index < -0.39 is 0 Å². The second-order valence-electron chi connectivity index (χ2n) is 5.11. The van der Waals surface area contributed by atoms with E-state index in [1.807, 2.05) is 31.1 Å². The predicted molar refractivity (Wildman–Crippen MR) is 80.1 cm³/mol. The van der Waals surface area contributed by atoms with Gasteiger partial charge >= 0.3 is 0 Å². The van der Waals surface area contributed by atoms with E-state index in [1.54, 1.807) is 6.07 Å². The van der Waals surface area contributed by atoms with Crippen LogP contribution in [-0.2, 0) is 4.79 Å². The van der Waals surface area contributed by atoms with Gasteiger partial charge < -0.3 is 15.5 Å². The molecule has 0 aliphatic carbocycles. The summed E-state index contributed by atoms with van der Waals surface area (Å²) in [4.78, 5) is 13.8. The van der Waals surface area contributed by atoms with Gasteiger partial charge in [-0.3, -0.25) is 4.79 Å². The Labute approximate surface area is 119 Å². The lowest BCUT2D eigenvalue weighted by Gasteiger charge is -2.16. The normalized spacial score (nSPS) is 18.4. The van der Waals surface area contributed by atoms with Gasteiger partial charge in [-0.15, -0.1) is 0 Å². The Kier molecular flexibility index (Phi) is 4.66. The molecule has 1 amide bonds. The maximum Gasteiger partial charge on any atom is 0.225 e. The van der Waals surface area contributed by atoms with E-state index >= 15 is 0 Å². The van der Waals surface area contributed by atoms with Gasteiger partial charge in [0.15, 0.2) is 0 Å². The molecule has 1 aromatic carbocycles. The van der Waals surface area contributed by atoms with Gasteiger partial charge in [-0.1, -0.05) is 11.6 Å². The van der Waals surface area contributed by atoms with Gasteiger partial charge in [-0.2, -0.15) is 0 Å². The van der Waals surface area contributed by atoms with Gasteiger partial charge in [0.25, 0.3) is 0 Å². The molecular formula is C14H20ClN3O. The summed E-state index contributed by atoms with van der Waals surface area (Å²) >= 11 is 6.17. The first-order chi connectivity index (χ1) is 9.06. The monoisotopic (exact) mass is 281 g/mol. The molecule has 2 N–H and O–H groups in total. The third kappa shape index (κ3) is 3.85. The molecular weight excluding hydrogens is 262 g/mol. The van der Waals surface area contributed by atoms with Crippen LogP contribution in [0.15, 0.2) is 18.2 Å². The summed E-state index contributed by atoms with van der Waals surface area (Å²) in [5, 5.41) is 6.85. The molecule has 0 spiro atoms. The number of hydrogen-bond acceptors (Lipinski definition) is 3. The van der Waals surface area contributed by atoms with E-state index in [4.69, 9.17) is 11.6 Å². The van der Waals surface area contributed by atoms with Crippen LogP contribution in [0.25, 0.3) is 0 Å². The Hall–Kier alpha value is -1.26. The third-order valence-electron chi connectivity index (χ3n) is 3.31. The minimum Gasteiger partial charge on any atom is -0.376 e. The average Bonchev–Trinajstić information content (AvgIpc) is 2.81. The van der Waals surface area contributed by atoms with Crippen molar-refractivity contribution in [2.75, 3.05) is 30.9 Å². The molecule has 1 aliphatic rings. The van der Waals surface area contributed by atoms with Crippen LogP contribution in [-0.4, -0.2) is 32.6 Å². The zero-order valence-corrected chi connectivity index (χ0v) is 12.1. The number of carbonyl (C=O) groups excluding carboxylic acids is 1. The predicted octanol–water partition coefficient (Wildman–Crippen LogP) is 2.49. The first-order valence-electron chi connectivity index (χ1n) is 6.56. The van der Waals surface area contributed by atoms with Crippen molar-refractivity contribution in [1.82, 2.24) is 5.32 Å². The second kappa shape index (κ2) is 6.26. The van der Waals surface area contributed by atoms with Gasteiger partial charge in [0, 0.05) is 32.2 Å². The summed E-state index contributed by atoms with van der Waals surface area (Å²) in [6.07, 6.45) is 2.75. The summed E-state index contributed by atoms with van der Waals surface area (Å²) in [7, 11) is 3.87. The fourth-order valence-electron chi connectivity index (χ4n) is 2.31. The number of carbonyl (C=O) groups is 1. The van der Waals surface area contributed by atoms with Crippen molar-refractivity contribution in [2.45, 2.75) is 25.3 Å². The van der Waals surface area contributed by atoms with Crippen LogP contribution in [0.4, 0.5) is 11.4 Å². The molecule has 2 rings (SSSR count). The Morgan fingerprint density at radius 2 is 2.32 bits per heavy atom. The van der Waals surface area contributed by atoms with Crippen LogP contribution >= 0.6 is 11.6 Å². The zero-order chi connectivity index (χ0) is 13.8.